The number of aromatic nitrogens is 2. The second-order valence-electron chi connectivity index (χ2n) is 2.83. The van der Waals surface area contributed by atoms with Gasteiger partial charge >= 0.3 is 0 Å². The van der Waals surface area contributed by atoms with Crippen LogP contribution in [-0.4, -0.2) is 10.1 Å². The Morgan fingerprint density at radius 3 is 2.71 bits per heavy atom. The van der Waals surface area contributed by atoms with Gasteiger partial charge in [-0.2, -0.15) is 4.98 Å². The quantitative estimate of drug-likeness (QED) is 0.807. The Kier molecular flexibility index (Phi) is 2.69. The van der Waals surface area contributed by atoms with Crippen LogP contribution in [0.2, 0.25) is 0 Å². The molecule has 0 spiro atoms. The van der Waals surface area contributed by atoms with Crippen LogP contribution in [0.4, 0.5) is 0 Å². The van der Waals surface area contributed by atoms with Gasteiger partial charge in [0.25, 0.3) is 5.89 Å². The second-order valence-corrected chi connectivity index (χ2v) is 4.45. The van der Waals surface area contributed by atoms with Crippen LogP contribution in [0.3, 0.4) is 0 Å². The van der Waals surface area contributed by atoms with Gasteiger partial charge in [-0.25, -0.2) is 0 Å². The first-order valence-corrected chi connectivity index (χ1v) is 5.51. The van der Waals surface area contributed by atoms with Gasteiger partial charge in [0.1, 0.15) is 0 Å². The van der Waals surface area contributed by atoms with E-state index in [0.29, 0.717) is 10.6 Å². The summed E-state index contributed by atoms with van der Waals surface area (Å²) in [6, 6.07) is 5.93. The molecule has 0 radical (unpaired) electrons. The lowest BCUT2D eigenvalue weighted by Gasteiger charge is -2.00. The third-order valence-corrected chi connectivity index (χ3v) is 2.65. The predicted octanol–water partition coefficient (Wildman–Crippen LogP) is 3.57. The van der Waals surface area contributed by atoms with Crippen molar-refractivity contribution in [1.29, 1.82) is 0 Å². The fourth-order valence-corrected chi connectivity index (χ4v) is 1.73. The van der Waals surface area contributed by atoms with Gasteiger partial charge in [-0.3, -0.25) is 0 Å². The summed E-state index contributed by atoms with van der Waals surface area (Å²) in [5, 5.41) is 3.68. The third kappa shape index (κ3) is 1.88. The zero-order valence-corrected chi connectivity index (χ0v) is 10.5. The SMILES string of the molecule is Cc1ccc(Br)cc1-c1nc(Br)no1. The summed E-state index contributed by atoms with van der Waals surface area (Å²) in [7, 11) is 0. The molecule has 1 aromatic heterocycles. The molecule has 5 heteroatoms. The predicted molar refractivity (Wildman–Crippen MR) is 59.9 cm³/mol. The molecule has 72 valence electrons. The van der Waals surface area contributed by atoms with Gasteiger partial charge in [0, 0.05) is 10.0 Å². The summed E-state index contributed by atoms with van der Waals surface area (Å²) in [6.07, 6.45) is 0. The fourth-order valence-electron chi connectivity index (χ4n) is 1.14. The average molecular weight is 318 g/mol. The molecule has 0 unspecified atom stereocenters. The second kappa shape index (κ2) is 3.82. The summed E-state index contributed by atoms with van der Waals surface area (Å²) < 4.78 is 6.52. The Hall–Kier alpha value is -0.680. The van der Waals surface area contributed by atoms with Gasteiger partial charge in [0.05, 0.1) is 0 Å². The van der Waals surface area contributed by atoms with Crippen LogP contribution in [0, 0.1) is 6.92 Å². The third-order valence-electron chi connectivity index (χ3n) is 1.83. The number of rotatable bonds is 1. The minimum absolute atomic E-state index is 0.465. The van der Waals surface area contributed by atoms with E-state index in [4.69, 9.17) is 4.52 Å². The first-order valence-electron chi connectivity index (χ1n) is 3.92. The average Bonchev–Trinajstić information content (AvgIpc) is 2.56. The van der Waals surface area contributed by atoms with Crippen LogP contribution >= 0.6 is 31.9 Å². The normalized spacial score (nSPS) is 10.5. The molecule has 0 aliphatic heterocycles. The number of hydrogen-bond acceptors (Lipinski definition) is 3. The molecular formula is C9H6Br2N2O. The Labute approximate surface area is 97.8 Å². The zero-order valence-electron chi connectivity index (χ0n) is 7.29. The summed E-state index contributed by atoms with van der Waals surface area (Å²) in [5.41, 5.74) is 2.04. The molecule has 2 rings (SSSR count). The van der Waals surface area contributed by atoms with Gasteiger partial charge < -0.3 is 4.52 Å². The van der Waals surface area contributed by atoms with Crippen molar-refractivity contribution >= 4 is 31.9 Å². The minimum atomic E-state index is 0.465. The molecule has 0 saturated carbocycles. The van der Waals surface area contributed by atoms with Crippen LogP contribution in [0.5, 0.6) is 0 Å². The lowest BCUT2D eigenvalue weighted by atomic mass is 10.1. The maximum atomic E-state index is 5.06. The summed E-state index contributed by atoms with van der Waals surface area (Å²) in [6.45, 7) is 2.00. The highest BCUT2D eigenvalue weighted by Crippen LogP contribution is 2.25. The maximum absolute atomic E-state index is 5.06. The topological polar surface area (TPSA) is 38.9 Å². The van der Waals surface area contributed by atoms with Crippen molar-refractivity contribution in [3.8, 4) is 11.5 Å². The highest BCUT2D eigenvalue weighted by Gasteiger charge is 2.09. The van der Waals surface area contributed by atoms with Crippen LogP contribution in [0.25, 0.3) is 11.5 Å². The molecule has 0 fully saturated rings. The molecular weight excluding hydrogens is 312 g/mol. The summed E-state index contributed by atoms with van der Waals surface area (Å²) in [4.78, 5) is 4.10. The fraction of sp³-hybridized carbons (Fsp3) is 0.111. The molecule has 0 N–H and O–H groups in total. The van der Waals surface area contributed by atoms with Gasteiger partial charge in [0.15, 0.2) is 0 Å². The molecule has 0 saturated heterocycles. The van der Waals surface area contributed by atoms with Gasteiger partial charge in [-0.15, -0.1) is 0 Å². The maximum Gasteiger partial charge on any atom is 0.258 e. The van der Waals surface area contributed by atoms with E-state index >= 15 is 0 Å². The van der Waals surface area contributed by atoms with Gasteiger partial charge in [0.2, 0.25) is 4.73 Å². The van der Waals surface area contributed by atoms with Crippen LogP contribution < -0.4 is 0 Å². The number of hydrogen-bond donors (Lipinski definition) is 0. The molecule has 0 amide bonds. The lowest BCUT2D eigenvalue weighted by molar-refractivity contribution is 0.426. The molecule has 0 aliphatic rings. The van der Waals surface area contributed by atoms with E-state index in [1.165, 1.54) is 0 Å². The van der Waals surface area contributed by atoms with E-state index < -0.39 is 0 Å². The molecule has 3 nitrogen and oxygen atoms in total. The Morgan fingerprint density at radius 2 is 2.07 bits per heavy atom. The smallest absolute Gasteiger partial charge is 0.258 e. The largest absolute Gasteiger partial charge is 0.333 e. The highest BCUT2D eigenvalue weighted by molar-refractivity contribution is 9.10. The molecule has 0 bridgehead atoms. The first kappa shape index (κ1) is 9.86. The van der Waals surface area contributed by atoms with E-state index in [1.807, 2.05) is 25.1 Å². The highest BCUT2D eigenvalue weighted by atomic mass is 79.9. The number of aryl methyl sites for hydroxylation is 1. The monoisotopic (exact) mass is 316 g/mol. The molecule has 0 aliphatic carbocycles. The van der Waals surface area contributed by atoms with Crippen molar-refractivity contribution in [2.24, 2.45) is 0 Å². The van der Waals surface area contributed by atoms with Crippen molar-refractivity contribution in [2.45, 2.75) is 6.92 Å². The Bertz CT molecular complexity index is 468. The van der Waals surface area contributed by atoms with Gasteiger partial charge in [-0.1, -0.05) is 22.0 Å². The molecule has 1 aromatic carbocycles. The standard InChI is InChI=1S/C9H6Br2N2O/c1-5-2-3-6(10)4-7(5)8-12-9(11)13-14-8/h2-4H,1H3. The molecule has 14 heavy (non-hydrogen) atoms. The van der Waals surface area contributed by atoms with Crippen LogP contribution in [-0.2, 0) is 0 Å². The lowest BCUT2D eigenvalue weighted by Crippen LogP contribution is -1.82. The Balaban J connectivity index is 2.55. The van der Waals surface area contributed by atoms with E-state index in [1.54, 1.807) is 0 Å². The number of halogens is 2. The number of nitrogens with zero attached hydrogens (tertiary/aromatic N) is 2. The minimum Gasteiger partial charge on any atom is -0.333 e. The summed E-state index contributed by atoms with van der Waals surface area (Å²) in [5.74, 6) is 0.524. The molecule has 1 heterocycles. The van der Waals surface area contributed by atoms with Crippen molar-refractivity contribution < 1.29 is 4.52 Å². The van der Waals surface area contributed by atoms with E-state index in [9.17, 15) is 0 Å². The van der Waals surface area contributed by atoms with Crippen molar-refractivity contribution in [1.82, 2.24) is 10.1 Å². The van der Waals surface area contributed by atoms with E-state index in [2.05, 4.69) is 42.0 Å². The van der Waals surface area contributed by atoms with Crippen molar-refractivity contribution in [3.63, 3.8) is 0 Å². The van der Waals surface area contributed by atoms with E-state index in [-0.39, 0.29) is 0 Å². The van der Waals surface area contributed by atoms with Gasteiger partial charge in [-0.05, 0) is 45.7 Å². The molecule has 0 atom stereocenters. The van der Waals surface area contributed by atoms with Crippen molar-refractivity contribution in [2.75, 3.05) is 0 Å². The first-order chi connectivity index (χ1) is 6.66. The van der Waals surface area contributed by atoms with Crippen LogP contribution in [0.1, 0.15) is 5.56 Å². The molecule has 2 aromatic rings. The number of benzene rings is 1. The zero-order chi connectivity index (χ0) is 10.1. The van der Waals surface area contributed by atoms with Crippen molar-refractivity contribution in [3.05, 3.63) is 33.0 Å². The van der Waals surface area contributed by atoms with Crippen LogP contribution in [0.15, 0.2) is 31.9 Å². The Morgan fingerprint density at radius 1 is 1.29 bits per heavy atom. The van der Waals surface area contributed by atoms with E-state index in [0.717, 1.165) is 15.6 Å². The summed E-state index contributed by atoms with van der Waals surface area (Å²) >= 11 is 6.54.